The molecular formula is C9H8Cl2O2. The van der Waals surface area contributed by atoms with E-state index in [0.29, 0.717) is 15.6 Å². The zero-order valence-electron chi connectivity index (χ0n) is 6.92. The first-order valence-corrected chi connectivity index (χ1v) is 4.41. The molecule has 0 heterocycles. The molecule has 0 saturated heterocycles. The molecule has 1 aromatic rings. The van der Waals surface area contributed by atoms with Crippen LogP contribution in [0.3, 0.4) is 0 Å². The Bertz CT molecular complexity index is 316. The molecule has 0 aliphatic rings. The summed E-state index contributed by atoms with van der Waals surface area (Å²) in [5.41, 5.74) is 0.421. The van der Waals surface area contributed by atoms with Crippen LogP contribution in [0, 0.1) is 0 Å². The molecule has 4 heteroatoms. The minimum Gasteiger partial charge on any atom is -0.381 e. The molecule has 0 aliphatic heterocycles. The van der Waals surface area contributed by atoms with Gasteiger partial charge in [-0.2, -0.15) is 0 Å². The molecule has 1 unspecified atom stereocenters. The number of carbonyl (C=O) groups is 1. The topological polar surface area (TPSA) is 37.3 Å². The first-order chi connectivity index (χ1) is 6.00. The van der Waals surface area contributed by atoms with Crippen LogP contribution in [0.1, 0.15) is 18.6 Å². The van der Waals surface area contributed by atoms with Gasteiger partial charge in [-0.1, -0.05) is 23.2 Å². The van der Waals surface area contributed by atoms with E-state index < -0.39 is 6.10 Å². The van der Waals surface area contributed by atoms with Crippen LogP contribution in [-0.2, 0) is 4.79 Å². The maximum atomic E-state index is 10.8. The summed E-state index contributed by atoms with van der Waals surface area (Å²) in [5, 5.41) is 10.2. The fraction of sp³-hybridized carbons (Fsp3) is 0.222. The minimum absolute atomic E-state index is 0.335. The van der Waals surface area contributed by atoms with E-state index in [1.165, 1.54) is 19.1 Å². The van der Waals surface area contributed by atoms with E-state index >= 15 is 0 Å². The lowest BCUT2D eigenvalue weighted by molar-refractivity contribution is -0.125. The highest BCUT2D eigenvalue weighted by atomic mass is 35.5. The van der Waals surface area contributed by atoms with Crippen LogP contribution in [0.5, 0.6) is 0 Å². The summed E-state index contributed by atoms with van der Waals surface area (Å²) in [6.45, 7) is 1.31. The van der Waals surface area contributed by atoms with Crippen LogP contribution in [0.15, 0.2) is 18.2 Å². The van der Waals surface area contributed by atoms with Crippen molar-refractivity contribution in [3.8, 4) is 0 Å². The molecule has 0 aromatic heterocycles. The van der Waals surface area contributed by atoms with Crippen molar-refractivity contribution in [3.63, 3.8) is 0 Å². The predicted octanol–water partition coefficient (Wildman–Crippen LogP) is 2.62. The molecule has 1 atom stereocenters. The Morgan fingerprint density at radius 1 is 1.31 bits per heavy atom. The lowest BCUT2D eigenvalue weighted by atomic mass is 10.1. The lowest BCUT2D eigenvalue weighted by Gasteiger charge is -2.07. The van der Waals surface area contributed by atoms with E-state index in [1.807, 2.05) is 0 Å². The summed E-state index contributed by atoms with van der Waals surface area (Å²) >= 11 is 11.4. The van der Waals surface area contributed by atoms with E-state index in [9.17, 15) is 9.90 Å². The van der Waals surface area contributed by atoms with Gasteiger partial charge < -0.3 is 5.11 Å². The lowest BCUT2D eigenvalue weighted by Crippen LogP contribution is -2.07. The van der Waals surface area contributed by atoms with Gasteiger partial charge in [0.1, 0.15) is 6.10 Å². The first kappa shape index (κ1) is 10.5. The monoisotopic (exact) mass is 218 g/mol. The van der Waals surface area contributed by atoms with Crippen molar-refractivity contribution in [2.24, 2.45) is 0 Å². The molecule has 1 rings (SSSR count). The fourth-order valence-electron chi connectivity index (χ4n) is 0.968. The zero-order chi connectivity index (χ0) is 10.0. The SMILES string of the molecule is CC(=O)C(O)c1cc(Cl)cc(Cl)c1. The number of benzene rings is 1. The van der Waals surface area contributed by atoms with Crippen molar-refractivity contribution < 1.29 is 9.90 Å². The van der Waals surface area contributed by atoms with Crippen LogP contribution in [0.2, 0.25) is 10.0 Å². The molecule has 70 valence electrons. The van der Waals surface area contributed by atoms with Crippen molar-refractivity contribution in [2.75, 3.05) is 0 Å². The van der Waals surface area contributed by atoms with E-state index in [-0.39, 0.29) is 5.78 Å². The summed E-state index contributed by atoms with van der Waals surface area (Å²) < 4.78 is 0. The minimum atomic E-state index is -1.14. The number of halogens is 2. The van der Waals surface area contributed by atoms with Crippen LogP contribution in [0.25, 0.3) is 0 Å². The number of carbonyl (C=O) groups excluding carboxylic acids is 1. The highest BCUT2D eigenvalue weighted by Crippen LogP contribution is 2.23. The van der Waals surface area contributed by atoms with Crippen molar-refractivity contribution >= 4 is 29.0 Å². The second kappa shape index (κ2) is 4.09. The third kappa shape index (κ3) is 2.69. The quantitative estimate of drug-likeness (QED) is 0.829. The Balaban J connectivity index is 3.07. The number of Topliss-reactive ketones (excluding diaryl/α,β-unsaturated/α-hetero) is 1. The molecule has 1 aromatic carbocycles. The molecule has 0 radical (unpaired) electrons. The first-order valence-electron chi connectivity index (χ1n) is 3.65. The van der Waals surface area contributed by atoms with Crippen molar-refractivity contribution in [1.82, 2.24) is 0 Å². The normalized spacial score (nSPS) is 12.6. The number of aliphatic hydroxyl groups is 1. The summed E-state index contributed by atoms with van der Waals surface area (Å²) in [4.78, 5) is 10.8. The highest BCUT2D eigenvalue weighted by molar-refractivity contribution is 6.34. The molecule has 0 amide bonds. The summed E-state index contributed by atoms with van der Waals surface area (Å²) in [5.74, 6) is -0.335. The van der Waals surface area contributed by atoms with Crippen molar-refractivity contribution in [3.05, 3.63) is 33.8 Å². The Hall–Kier alpha value is -0.570. The van der Waals surface area contributed by atoms with E-state index in [4.69, 9.17) is 23.2 Å². The number of ketones is 1. The largest absolute Gasteiger partial charge is 0.381 e. The molecule has 0 bridgehead atoms. The van der Waals surface area contributed by atoms with Gasteiger partial charge in [-0.25, -0.2) is 0 Å². The molecule has 1 N–H and O–H groups in total. The van der Waals surface area contributed by atoms with Crippen LogP contribution < -0.4 is 0 Å². The van der Waals surface area contributed by atoms with Crippen LogP contribution in [-0.4, -0.2) is 10.9 Å². The fourth-order valence-corrected chi connectivity index (χ4v) is 1.51. The number of rotatable bonds is 2. The van der Waals surface area contributed by atoms with Gasteiger partial charge in [-0.3, -0.25) is 4.79 Å². The number of hydrogen-bond donors (Lipinski definition) is 1. The van der Waals surface area contributed by atoms with Gasteiger partial charge >= 0.3 is 0 Å². The van der Waals surface area contributed by atoms with Crippen molar-refractivity contribution in [1.29, 1.82) is 0 Å². The van der Waals surface area contributed by atoms with Gasteiger partial charge in [-0.05, 0) is 30.7 Å². The molecule has 0 saturated carbocycles. The predicted molar refractivity (Wildman–Crippen MR) is 52.1 cm³/mol. The standard InChI is InChI=1S/C9H8Cl2O2/c1-5(12)9(13)6-2-7(10)4-8(11)3-6/h2-4,9,13H,1H3. The summed E-state index contributed by atoms with van der Waals surface area (Å²) in [6, 6.07) is 4.57. The average molecular weight is 219 g/mol. The van der Waals surface area contributed by atoms with Gasteiger partial charge in [0.05, 0.1) is 0 Å². The highest BCUT2D eigenvalue weighted by Gasteiger charge is 2.13. The Morgan fingerprint density at radius 3 is 2.15 bits per heavy atom. The molecular weight excluding hydrogens is 211 g/mol. The van der Waals surface area contributed by atoms with E-state index in [1.54, 1.807) is 6.07 Å². The Morgan fingerprint density at radius 2 is 1.77 bits per heavy atom. The van der Waals surface area contributed by atoms with Gasteiger partial charge in [-0.15, -0.1) is 0 Å². The van der Waals surface area contributed by atoms with Crippen LogP contribution >= 0.6 is 23.2 Å². The maximum Gasteiger partial charge on any atom is 0.162 e. The Kier molecular flexibility index (Phi) is 3.31. The smallest absolute Gasteiger partial charge is 0.162 e. The summed E-state index contributed by atoms with van der Waals surface area (Å²) in [6.07, 6.45) is -1.14. The van der Waals surface area contributed by atoms with E-state index in [0.717, 1.165) is 0 Å². The Labute approximate surface area is 86.1 Å². The molecule has 0 spiro atoms. The number of aliphatic hydroxyl groups excluding tert-OH is 1. The average Bonchev–Trinajstić information content (AvgIpc) is 2.01. The molecule has 0 aliphatic carbocycles. The maximum absolute atomic E-state index is 10.8. The van der Waals surface area contributed by atoms with Crippen LogP contribution in [0.4, 0.5) is 0 Å². The second-order valence-corrected chi connectivity index (χ2v) is 3.59. The van der Waals surface area contributed by atoms with Crippen molar-refractivity contribution in [2.45, 2.75) is 13.0 Å². The second-order valence-electron chi connectivity index (χ2n) is 2.72. The third-order valence-corrected chi connectivity index (χ3v) is 2.02. The van der Waals surface area contributed by atoms with Gasteiger partial charge in [0.2, 0.25) is 0 Å². The molecule has 13 heavy (non-hydrogen) atoms. The summed E-state index contributed by atoms with van der Waals surface area (Å²) in [7, 11) is 0. The van der Waals surface area contributed by atoms with Gasteiger partial charge in [0.25, 0.3) is 0 Å². The van der Waals surface area contributed by atoms with E-state index in [2.05, 4.69) is 0 Å². The molecule has 0 fully saturated rings. The molecule has 2 nitrogen and oxygen atoms in total. The van der Waals surface area contributed by atoms with Gasteiger partial charge in [0.15, 0.2) is 5.78 Å². The number of hydrogen-bond acceptors (Lipinski definition) is 2. The third-order valence-electron chi connectivity index (χ3n) is 1.59. The van der Waals surface area contributed by atoms with Gasteiger partial charge in [0, 0.05) is 10.0 Å². The zero-order valence-corrected chi connectivity index (χ0v) is 8.43.